The third-order valence-electron chi connectivity index (χ3n) is 6.27. The van der Waals surface area contributed by atoms with Crippen LogP contribution in [0.4, 0.5) is 0 Å². The Bertz CT molecular complexity index is 410. The summed E-state index contributed by atoms with van der Waals surface area (Å²) in [5.74, 6) is 5.07. The summed E-state index contributed by atoms with van der Waals surface area (Å²) in [6, 6.07) is 2.80. The zero-order chi connectivity index (χ0) is 13.5. The van der Waals surface area contributed by atoms with Crippen molar-refractivity contribution in [2.75, 3.05) is 6.54 Å². The molecule has 20 heavy (non-hydrogen) atoms. The van der Waals surface area contributed by atoms with Crippen molar-refractivity contribution in [3.05, 3.63) is 24.2 Å². The van der Waals surface area contributed by atoms with Gasteiger partial charge in [0.2, 0.25) is 0 Å². The SMILES string of the molecule is CCNC(Cc1ccoc1)C1C2CC3CC(C2)CC1C3. The summed E-state index contributed by atoms with van der Waals surface area (Å²) >= 11 is 0. The van der Waals surface area contributed by atoms with Crippen LogP contribution in [0, 0.1) is 29.6 Å². The van der Waals surface area contributed by atoms with E-state index in [1.54, 1.807) is 6.42 Å². The summed E-state index contributed by atoms with van der Waals surface area (Å²) in [6.45, 7) is 3.34. The van der Waals surface area contributed by atoms with E-state index >= 15 is 0 Å². The molecule has 4 saturated carbocycles. The average Bonchev–Trinajstić information content (AvgIpc) is 2.90. The lowest BCUT2D eigenvalue weighted by molar-refractivity contribution is -0.0515. The van der Waals surface area contributed by atoms with E-state index in [0.717, 1.165) is 42.6 Å². The summed E-state index contributed by atoms with van der Waals surface area (Å²) in [5, 5.41) is 3.81. The minimum Gasteiger partial charge on any atom is -0.472 e. The van der Waals surface area contributed by atoms with Crippen LogP contribution in [0.3, 0.4) is 0 Å². The second-order valence-corrected chi connectivity index (χ2v) is 7.51. The third kappa shape index (κ3) is 2.22. The Balaban J connectivity index is 1.53. The first-order chi connectivity index (χ1) is 9.83. The van der Waals surface area contributed by atoms with Crippen LogP contribution in [0.25, 0.3) is 0 Å². The van der Waals surface area contributed by atoms with Crippen molar-refractivity contribution >= 4 is 0 Å². The molecule has 4 aliphatic rings. The molecule has 1 atom stereocenters. The number of furan rings is 1. The fraction of sp³-hybridized carbons (Fsp3) is 0.778. The monoisotopic (exact) mass is 273 g/mol. The second-order valence-electron chi connectivity index (χ2n) is 7.51. The van der Waals surface area contributed by atoms with Crippen molar-refractivity contribution < 1.29 is 4.42 Å². The van der Waals surface area contributed by atoms with Gasteiger partial charge in [0, 0.05) is 6.04 Å². The summed E-state index contributed by atoms with van der Waals surface area (Å²) in [4.78, 5) is 0. The lowest BCUT2D eigenvalue weighted by Crippen LogP contribution is -2.53. The number of rotatable bonds is 5. The number of hydrogen-bond donors (Lipinski definition) is 1. The minimum absolute atomic E-state index is 0.660. The largest absolute Gasteiger partial charge is 0.472 e. The Hall–Kier alpha value is -0.760. The van der Waals surface area contributed by atoms with Crippen LogP contribution < -0.4 is 5.32 Å². The highest BCUT2D eigenvalue weighted by atomic mass is 16.3. The molecule has 1 heterocycles. The second kappa shape index (κ2) is 5.22. The highest BCUT2D eigenvalue weighted by Crippen LogP contribution is 2.57. The van der Waals surface area contributed by atoms with Gasteiger partial charge >= 0.3 is 0 Å². The molecular weight excluding hydrogens is 246 g/mol. The standard InChI is InChI=1S/C18H27NO/c1-2-19-17(10-12-3-4-20-11-12)18-15-6-13-5-14(8-15)9-16(18)7-13/h3-4,11,13-19H,2,5-10H2,1H3. The van der Waals surface area contributed by atoms with Crippen LogP contribution in [-0.2, 0) is 6.42 Å². The van der Waals surface area contributed by atoms with Crippen LogP contribution in [-0.4, -0.2) is 12.6 Å². The Labute approximate surface area is 122 Å². The molecule has 2 heteroatoms. The molecule has 5 rings (SSSR count). The molecule has 1 N–H and O–H groups in total. The lowest BCUT2D eigenvalue weighted by atomic mass is 9.50. The molecule has 0 saturated heterocycles. The first-order valence-electron chi connectivity index (χ1n) is 8.58. The number of hydrogen-bond acceptors (Lipinski definition) is 2. The molecule has 0 amide bonds. The zero-order valence-electron chi connectivity index (χ0n) is 12.6. The van der Waals surface area contributed by atoms with Crippen molar-refractivity contribution in [1.29, 1.82) is 0 Å². The minimum atomic E-state index is 0.660. The van der Waals surface area contributed by atoms with Gasteiger partial charge in [-0.25, -0.2) is 0 Å². The maximum absolute atomic E-state index is 5.27. The highest BCUT2D eigenvalue weighted by Gasteiger charge is 2.50. The van der Waals surface area contributed by atoms with Gasteiger partial charge in [0.25, 0.3) is 0 Å². The molecule has 4 bridgehead atoms. The van der Waals surface area contributed by atoms with Gasteiger partial charge in [-0.05, 0) is 86.3 Å². The van der Waals surface area contributed by atoms with Crippen molar-refractivity contribution in [2.24, 2.45) is 29.6 Å². The predicted molar refractivity (Wildman–Crippen MR) is 80.4 cm³/mol. The van der Waals surface area contributed by atoms with E-state index in [1.807, 2.05) is 12.5 Å². The fourth-order valence-electron chi connectivity index (χ4n) is 5.89. The van der Waals surface area contributed by atoms with Gasteiger partial charge in [-0.2, -0.15) is 0 Å². The van der Waals surface area contributed by atoms with Crippen LogP contribution in [0.5, 0.6) is 0 Å². The molecule has 0 aromatic carbocycles. The molecule has 1 unspecified atom stereocenters. The predicted octanol–water partition coefficient (Wildman–Crippen LogP) is 3.87. The summed E-state index contributed by atoms with van der Waals surface area (Å²) in [7, 11) is 0. The van der Waals surface area contributed by atoms with Crippen LogP contribution in [0.15, 0.2) is 23.0 Å². The van der Waals surface area contributed by atoms with Gasteiger partial charge in [0.1, 0.15) is 0 Å². The van der Waals surface area contributed by atoms with E-state index in [0.29, 0.717) is 6.04 Å². The molecule has 110 valence electrons. The Morgan fingerprint density at radius 1 is 1.15 bits per heavy atom. The van der Waals surface area contributed by atoms with Gasteiger partial charge < -0.3 is 9.73 Å². The number of likely N-dealkylation sites (N-methyl/N-ethyl adjacent to an activating group) is 1. The van der Waals surface area contributed by atoms with Gasteiger partial charge in [-0.15, -0.1) is 0 Å². The zero-order valence-corrected chi connectivity index (χ0v) is 12.6. The normalized spacial score (nSPS) is 40.1. The Morgan fingerprint density at radius 2 is 1.85 bits per heavy atom. The van der Waals surface area contributed by atoms with Gasteiger partial charge in [0.05, 0.1) is 12.5 Å². The van der Waals surface area contributed by atoms with Gasteiger partial charge in [0.15, 0.2) is 0 Å². The molecule has 1 aromatic rings. The molecule has 0 spiro atoms. The van der Waals surface area contributed by atoms with E-state index < -0.39 is 0 Å². The smallest absolute Gasteiger partial charge is 0.0935 e. The molecule has 4 fully saturated rings. The highest BCUT2D eigenvalue weighted by molar-refractivity contribution is 5.10. The average molecular weight is 273 g/mol. The fourth-order valence-corrected chi connectivity index (χ4v) is 5.89. The first kappa shape index (κ1) is 12.9. The van der Waals surface area contributed by atoms with E-state index in [-0.39, 0.29) is 0 Å². The van der Waals surface area contributed by atoms with Crippen molar-refractivity contribution in [3.8, 4) is 0 Å². The maximum Gasteiger partial charge on any atom is 0.0935 e. The summed E-state index contributed by atoms with van der Waals surface area (Å²) in [6.07, 6.45) is 12.5. The topological polar surface area (TPSA) is 25.2 Å². The summed E-state index contributed by atoms with van der Waals surface area (Å²) in [5.41, 5.74) is 1.37. The van der Waals surface area contributed by atoms with Crippen molar-refractivity contribution in [2.45, 2.75) is 51.5 Å². The lowest BCUT2D eigenvalue weighted by Gasteiger charge is -2.56. The molecule has 0 aliphatic heterocycles. The van der Waals surface area contributed by atoms with E-state index in [9.17, 15) is 0 Å². The Morgan fingerprint density at radius 3 is 2.40 bits per heavy atom. The first-order valence-corrected chi connectivity index (χ1v) is 8.58. The third-order valence-corrected chi connectivity index (χ3v) is 6.27. The van der Waals surface area contributed by atoms with Crippen molar-refractivity contribution in [3.63, 3.8) is 0 Å². The quantitative estimate of drug-likeness (QED) is 0.881. The van der Waals surface area contributed by atoms with Gasteiger partial charge in [-0.1, -0.05) is 6.92 Å². The van der Waals surface area contributed by atoms with Crippen LogP contribution in [0.2, 0.25) is 0 Å². The molecule has 4 aliphatic carbocycles. The van der Waals surface area contributed by atoms with Crippen LogP contribution in [0.1, 0.15) is 44.6 Å². The van der Waals surface area contributed by atoms with Crippen LogP contribution >= 0.6 is 0 Å². The molecule has 1 aromatic heterocycles. The van der Waals surface area contributed by atoms with E-state index in [2.05, 4.69) is 18.3 Å². The number of nitrogens with one attached hydrogen (secondary N) is 1. The van der Waals surface area contributed by atoms with E-state index in [1.165, 1.54) is 31.2 Å². The molecule has 0 radical (unpaired) electrons. The van der Waals surface area contributed by atoms with E-state index in [4.69, 9.17) is 4.42 Å². The molecule has 2 nitrogen and oxygen atoms in total. The Kier molecular flexibility index (Phi) is 3.37. The van der Waals surface area contributed by atoms with Crippen molar-refractivity contribution in [1.82, 2.24) is 5.32 Å². The molecular formula is C18H27NO. The maximum atomic E-state index is 5.27. The van der Waals surface area contributed by atoms with Gasteiger partial charge in [-0.3, -0.25) is 0 Å². The summed E-state index contributed by atoms with van der Waals surface area (Å²) < 4.78 is 5.27.